The molecule has 0 spiro atoms. The highest BCUT2D eigenvalue weighted by Gasteiger charge is 2.28. The van der Waals surface area contributed by atoms with Gasteiger partial charge >= 0.3 is 0 Å². The standard InChI is InChI=1S/C32H36ClN5O3/c1-3-41-20-19-37-15-17-38(18-16-37)22-29(39)36(2)26-12-10-25(11-13-26)34-31(23-7-5-4-6-8-23)30-27-14-9-24(33)21-28(27)35-32(30)40/h4-14,21,34H,3,15-20,22H2,1-2H3,(H,35,40)/b31-30-. The normalized spacial score (nSPS) is 16.7. The number of piperazine rings is 1. The van der Waals surface area contributed by atoms with Crippen molar-refractivity contribution in [2.45, 2.75) is 6.92 Å². The van der Waals surface area contributed by atoms with Crippen molar-refractivity contribution in [2.24, 2.45) is 0 Å². The molecule has 0 unspecified atom stereocenters. The summed E-state index contributed by atoms with van der Waals surface area (Å²) in [6.45, 7) is 8.45. The summed E-state index contributed by atoms with van der Waals surface area (Å²) in [7, 11) is 1.81. The van der Waals surface area contributed by atoms with Crippen LogP contribution in [0.1, 0.15) is 18.1 Å². The molecule has 0 atom stereocenters. The van der Waals surface area contributed by atoms with Crippen LogP contribution in [-0.2, 0) is 14.3 Å². The topological polar surface area (TPSA) is 77.2 Å². The Bertz CT molecular complexity index is 1400. The van der Waals surface area contributed by atoms with Gasteiger partial charge in [-0.2, -0.15) is 0 Å². The lowest BCUT2D eigenvalue weighted by Crippen LogP contribution is -2.50. The van der Waals surface area contributed by atoms with Gasteiger partial charge in [0.05, 0.1) is 30.1 Å². The maximum Gasteiger partial charge on any atom is 0.258 e. The van der Waals surface area contributed by atoms with Gasteiger partial charge in [-0.3, -0.25) is 19.4 Å². The van der Waals surface area contributed by atoms with Gasteiger partial charge in [-0.15, -0.1) is 0 Å². The molecule has 0 radical (unpaired) electrons. The van der Waals surface area contributed by atoms with Gasteiger partial charge < -0.3 is 20.3 Å². The number of hydrogen-bond donors (Lipinski definition) is 2. The summed E-state index contributed by atoms with van der Waals surface area (Å²) >= 11 is 6.17. The Balaban J connectivity index is 1.27. The average Bonchev–Trinajstić information content (AvgIpc) is 3.31. The van der Waals surface area contributed by atoms with E-state index in [2.05, 4.69) is 20.4 Å². The second kappa shape index (κ2) is 13.3. The quantitative estimate of drug-likeness (QED) is 0.266. The average molecular weight is 574 g/mol. The number of fused-ring (bicyclic) bond motifs is 1. The highest BCUT2D eigenvalue weighted by Crippen LogP contribution is 2.38. The summed E-state index contributed by atoms with van der Waals surface area (Å²) in [6, 6.07) is 22.9. The minimum Gasteiger partial charge on any atom is -0.380 e. The Morgan fingerprint density at radius 1 is 1.00 bits per heavy atom. The number of nitrogens with one attached hydrogen (secondary N) is 2. The van der Waals surface area contributed by atoms with E-state index in [4.69, 9.17) is 16.3 Å². The summed E-state index contributed by atoms with van der Waals surface area (Å²) in [5.41, 5.74) is 5.23. The minimum atomic E-state index is -0.189. The molecule has 0 aromatic heterocycles. The SMILES string of the molecule is CCOCCN1CCN(CC(=O)N(C)c2ccc(N/C(=C3\C(=O)Nc4cc(Cl)ccc43)c3ccccc3)cc2)CC1. The lowest BCUT2D eigenvalue weighted by Gasteiger charge is -2.34. The number of nitrogens with zero attached hydrogens (tertiary/aromatic N) is 3. The van der Waals surface area contributed by atoms with E-state index in [1.54, 1.807) is 17.0 Å². The van der Waals surface area contributed by atoms with Crippen LogP contribution in [0.3, 0.4) is 0 Å². The Kier molecular flexibility index (Phi) is 9.36. The number of ether oxygens (including phenoxy) is 1. The number of hydrogen-bond acceptors (Lipinski definition) is 6. The molecule has 1 fully saturated rings. The molecule has 0 bridgehead atoms. The van der Waals surface area contributed by atoms with Crippen molar-refractivity contribution in [3.8, 4) is 0 Å². The van der Waals surface area contributed by atoms with Gasteiger partial charge in [0.15, 0.2) is 0 Å². The van der Waals surface area contributed by atoms with Crippen LogP contribution in [0.15, 0.2) is 72.8 Å². The molecule has 41 heavy (non-hydrogen) atoms. The predicted octanol–water partition coefficient (Wildman–Crippen LogP) is 4.89. The summed E-state index contributed by atoms with van der Waals surface area (Å²) in [4.78, 5) is 32.5. The molecule has 2 aliphatic rings. The maximum absolute atomic E-state index is 13.1. The van der Waals surface area contributed by atoms with Crippen molar-refractivity contribution < 1.29 is 14.3 Å². The maximum atomic E-state index is 13.1. The zero-order valence-corrected chi connectivity index (χ0v) is 24.3. The van der Waals surface area contributed by atoms with Gasteiger partial charge in [-0.05, 0) is 48.9 Å². The number of benzene rings is 3. The van der Waals surface area contributed by atoms with Crippen molar-refractivity contribution in [1.82, 2.24) is 9.80 Å². The highest BCUT2D eigenvalue weighted by molar-refractivity contribution is 6.38. The smallest absolute Gasteiger partial charge is 0.258 e. The van der Waals surface area contributed by atoms with E-state index in [1.165, 1.54) is 0 Å². The van der Waals surface area contributed by atoms with Crippen LogP contribution in [0.2, 0.25) is 5.02 Å². The predicted molar refractivity (Wildman–Crippen MR) is 166 cm³/mol. The Hall–Kier alpha value is -3.69. The second-order valence-corrected chi connectivity index (χ2v) is 10.6. The van der Waals surface area contributed by atoms with Gasteiger partial charge in [0.2, 0.25) is 5.91 Å². The molecule has 0 aliphatic carbocycles. The number of anilines is 3. The summed E-state index contributed by atoms with van der Waals surface area (Å²) in [5, 5.41) is 6.96. The fourth-order valence-electron chi connectivity index (χ4n) is 5.14. The van der Waals surface area contributed by atoms with Crippen molar-refractivity contribution in [1.29, 1.82) is 0 Å². The third-order valence-electron chi connectivity index (χ3n) is 7.52. The Labute approximate surface area is 246 Å². The van der Waals surface area contributed by atoms with Crippen LogP contribution >= 0.6 is 11.6 Å². The largest absolute Gasteiger partial charge is 0.380 e. The van der Waals surface area contributed by atoms with Crippen LogP contribution < -0.4 is 15.5 Å². The first-order valence-electron chi connectivity index (χ1n) is 14.0. The van der Waals surface area contributed by atoms with Crippen molar-refractivity contribution in [2.75, 3.05) is 75.1 Å². The highest BCUT2D eigenvalue weighted by atomic mass is 35.5. The number of rotatable bonds is 10. The lowest BCUT2D eigenvalue weighted by atomic mass is 10.00. The van der Waals surface area contributed by atoms with E-state index in [1.807, 2.05) is 74.6 Å². The molecule has 9 heteroatoms. The van der Waals surface area contributed by atoms with Gasteiger partial charge in [-0.25, -0.2) is 0 Å². The lowest BCUT2D eigenvalue weighted by molar-refractivity contribution is -0.120. The third kappa shape index (κ3) is 6.97. The molecular formula is C32H36ClN5O3. The summed E-state index contributed by atoms with van der Waals surface area (Å²) < 4.78 is 5.46. The zero-order chi connectivity index (χ0) is 28.8. The molecule has 2 heterocycles. The molecule has 3 aromatic carbocycles. The Morgan fingerprint density at radius 3 is 2.41 bits per heavy atom. The van der Waals surface area contributed by atoms with Crippen LogP contribution in [0, 0.1) is 0 Å². The van der Waals surface area contributed by atoms with Crippen molar-refractivity contribution >= 4 is 51.7 Å². The second-order valence-electron chi connectivity index (χ2n) is 10.2. The van der Waals surface area contributed by atoms with Crippen molar-refractivity contribution in [3.05, 3.63) is 88.9 Å². The molecule has 2 aliphatic heterocycles. The summed E-state index contributed by atoms with van der Waals surface area (Å²) in [5.74, 6) is -0.135. The van der Waals surface area contributed by atoms with E-state index in [9.17, 15) is 9.59 Å². The van der Waals surface area contributed by atoms with E-state index < -0.39 is 0 Å². The first-order chi connectivity index (χ1) is 19.9. The van der Waals surface area contributed by atoms with Crippen LogP contribution in [0.25, 0.3) is 11.3 Å². The van der Waals surface area contributed by atoms with Gasteiger partial charge in [0, 0.05) is 68.3 Å². The number of likely N-dealkylation sites (N-methyl/N-ethyl adjacent to an activating group) is 1. The first kappa shape index (κ1) is 28.8. The molecule has 0 saturated carbocycles. The van der Waals surface area contributed by atoms with Gasteiger partial charge in [-0.1, -0.05) is 48.0 Å². The monoisotopic (exact) mass is 573 g/mol. The van der Waals surface area contributed by atoms with Crippen LogP contribution in [0.5, 0.6) is 0 Å². The molecule has 3 aromatic rings. The molecular weight excluding hydrogens is 538 g/mol. The third-order valence-corrected chi connectivity index (χ3v) is 7.75. The fraction of sp³-hybridized carbons (Fsp3) is 0.312. The van der Waals surface area contributed by atoms with Crippen LogP contribution in [-0.4, -0.2) is 81.1 Å². The molecule has 1 saturated heterocycles. The number of halogens is 1. The van der Waals surface area contributed by atoms with E-state index in [0.717, 1.165) is 68.4 Å². The van der Waals surface area contributed by atoms with Crippen LogP contribution in [0.4, 0.5) is 17.1 Å². The molecule has 2 amide bonds. The number of carbonyl (C=O) groups excluding carboxylic acids is 2. The first-order valence-corrected chi connectivity index (χ1v) is 14.4. The minimum absolute atomic E-state index is 0.0541. The zero-order valence-electron chi connectivity index (χ0n) is 23.5. The Morgan fingerprint density at radius 2 is 1.71 bits per heavy atom. The van der Waals surface area contributed by atoms with E-state index >= 15 is 0 Å². The number of carbonyl (C=O) groups is 2. The van der Waals surface area contributed by atoms with Gasteiger partial charge in [0.25, 0.3) is 5.91 Å². The summed E-state index contributed by atoms with van der Waals surface area (Å²) in [6.07, 6.45) is 0. The van der Waals surface area contributed by atoms with Crippen molar-refractivity contribution in [3.63, 3.8) is 0 Å². The molecule has 8 nitrogen and oxygen atoms in total. The molecule has 2 N–H and O–H groups in total. The fourth-order valence-corrected chi connectivity index (χ4v) is 5.31. The van der Waals surface area contributed by atoms with E-state index in [0.29, 0.717) is 28.5 Å². The van der Waals surface area contributed by atoms with Gasteiger partial charge in [0.1, 0.15) is 0 Å². The number of amides is 2. The molecule has 5 rings (SSSR count). The molecule has 214 valence electrons. The van der Waals surface area contributed by atoms with E-state index in [-0.39, 0.29) is 11.8 Å².